The van der Waals surface area contributed by atoms with Crippen LogP contribution in [0.1, 0.15) is 79.4 Å². The second kappa shape index (κ2) is 20.0. The van der Waals surface area contributed by atoms with Crippen LogP contribution in [-0.2, 0) is 24.5 Å². The molecule has 5 rings (SSSR count). The first-order valence-corrected chi connectivity index (χ1v) is 26.3. The van der Waals surface area contributed by atoms with Gasteiger partial charge in [0.15, 0.2) is 0 Å². The van der Waals surface area contributed by atoms with E-state index in [1.54, 1.807) is 26.0 Å². The van der Waals surface area contributed by atoms with Gasteiger partial charge in [0.05, 0.1) is 59.3 Å². The van der Waals surface area contributed by atoms with Crippen LogP contribution < -0.4 is 9.47 Å². The maximum absolute atomic E-state index is 9.71. The molecule has 288 valence electrons. The summed E-state index contributed by atoms with van der Waals surface area (Å²) in [4.78, 5) is 0. The molecule has 2 unspecified atom stereocenters. The molecule has 13 heteroatoms. The number of rotatable bonds is 13. The fourth-order valence-electron chi connectivity index (χ4n) is 7.00. The number of aliphatic hydroxyl groups is 2. The van der Waals surface area contributed by atoms with Crippen molar-refractivity contribution in [3.63, 3.8) is 0 Å². The average molecular weight is 815 g/mol. The lowest BCUT2D eigenvalue weighted by Crippen LogP contribution is -2.64. The first-order valence-electron chi connectivity index (χ1n) is 18.4. The van der Waals surface area contributed by atoms with Crippen molar-refractivity contribution in [1.82, 2.24) is 0 Å². The van der Waals surface area contributed by atoms with Gasteiger partial charge in [0, 0.05) is 11.5 Å². The molecule has 0 spiro atoms. The predicted octanol–water partition coefficient (Wildman–Crippen LogP) is 9.83. The van der Waals surface area contributed by atoms with Crippen LogP contribution >= 0.6 is 47.0 Å². The van der Waals surface area contributed by atoms with Crippen LogP contribution in [0.25, 0.3) is 0 Å². The van der Waals surface area contributed by atoms with Gasteiger partial charge in [-0.25, -0.2) is 0 Å². The first-order chi connectivity index (χ1) is 24.3. The zero-order valence-electron chi connectivity index (χ0n) is 32.2. The van der Waals surface area contributed by atoms with E-state index in [0.717, 1.165) is 42.5 Å². The van der Waals surface area contributed by atoms with Crippen LogP contribution in [0.3, 0.4) is 0 Å². The SMILES string of the molecule is COc1ccc(CSC2C[C@@H]3O[Si](C(C)C)(C(C)C)O[Si](C(C)C)(C(C)C)OC[C@H]3S2)cc1.COc1ccc(CSC2C[C@H](O)[C@@H](CO)S2)cc1. The van der Waals surface area contributed by atoms with Crippen molar-refractivity contribution in [2.45, 2.75) is 134 Å². The standard InChI is InChI=1S/C25H44O4S2Si2.C13H18O3S2/c1-17(2)32(18(3)4)27-15-24-23(28-33(29-32,19(5)6)20(7)8)14-25(31-24)30-16-21-10-12-22(26-9)13-11-21;1-16-10-4-2-9(3-5-10)8-17-13-6-11(15)12(7-14)18-13/h10-13,17-20,23-25H,14-16H2,1-9H3;2-5,11-15H,6-8H2,1H3/t23-,24+,25?;11-,12+,13?/m00/s1. The minimum Gasteiger partial charge on any atom is -0.497 e. The van der Waals surface area contributed by atoms with Gasteiger partial charge in [0.25, 0.3) is 0 Å². The Balaban J connectivity index is 0.000000272. The van der Waals surface area contributed by atoms with Gasteiger partial charge in [-0.1, -0.05) is 79.7 Å². The van der Waals surface area contributed by atoms with Crippen LogP contribution in [0, 0.1) is 0 Å². The van der Waals surface area contributed by atoms with Crippen LogP contribution in [0.5, 0.6) is 11.5 Å². The van der Waals surface area contributed by atoms with Crippen LogP contribution in [-0.4, -0.2) is 86.6 Å². The Morgan fingerprint density at radius 2 is 1.20 bits per heavy atom. The third kappa shape index (κ3) is 11.1. The van der Waals surface area contributed by atoms with Gasteiger partial charge in [0.2, 0.25) is 0 Å². The van der Waals surface area contributed by atoms with Gasteiger partial charge in [-0.2, -0.15) is 0 Å². The van der Waals surface area contributed by atoms with E-state index in [4.69, 9.17) is 27.5 Å². The number of thioether (sulfide) groups is 4. The Bertz CT molecular complexity index is 1300. The van der Waals surface area contributed by atoms with E-state index in [2.05, 4.69) is 91.4 Å². The highest BCUT2D eigenvalue weighted by molar-refractivity contribution is 8.17. The fraction of sp³-hybridized carbons (Fsp3) is 0.684. The molecule has 6 atom stereocenters. The Morgan fingerprint density at radius 3 is 1.61 bits per heavy atom. The van der Waals surface area contributed by atoms with E-state index in [9.17, 15) is 5.11 Å². The number of methoxy groups -OCH3 is 2. The van der Waals surface area contributed by atoms with Gasteiger partial charge in [0.1, 0.15) is 11.5 Å². The third-order valence-corrected chi connectivity index (χ3v) is 26.6. The van der Waals surface area contributed by atoms with Crippen molar-refractivity contribution in [3.05, 3.63) is 59.7 Å². The van der Waals surface area contributed by atoms with Gasteiger partial charge < -0.3 is 32.7 Å². The summed E-state index contributed by atoms with van der Waals surface area (Å²) in [6.07, 6.45) is 1.67. The Morgan fingerprint density at radius 1 is 0.725 bits per heavy atom. The summed E-state index contributed by atoms with van der Waals surface area (Å²) < 4.78 is 32.8. The summed E-state index contributed by atoms with van der Waals surface area (Å²) in [5.41, 5.74) is 4.16. The molecule has 0 amide bonds. The van der Waals surface area contributed by atoms with Crippen LogP contribution in [0.15, 0.2) is 48.5 Å². The van der Waals surface area contributed by atoms with Crippen molar-refractivity contribution < 1.29 is 32.7 Å². The summed E-state index contributed by atoms with van der Waals surface area (Å²) in [6, 6.07) is 16.5. The molecular formula is C38H62O7S4Si2. The summed E-state index contributed by atoms with van der Waals surface area (Å²) >= 11 is 7.61. The van der Waals surface area contributed by atoms with Gasteiger partial charge >= 0.3 is 17.1 Å². The zero-order chi connectivity index (χ0) is 37.3. The van der Waals surface area contributed by atoms with Crippen LogP contribution in [0.2, 0.25) is 22.2 Å². The van der Waals surface area contributed by atoms with Crippen molar-refractivity contribution in [2.24, 2.45) is 0 Å². The van der Waals surface area contributed by atoms with E-state index in [1.165, 1.54) is 11.1 Å². The molecule has 0 bridgehead atoms. The lowest BCUT2D eigenvalue weighted by atomic mass is 10.2. The number of hydrogen-bond donors (Lipinski definition) is 2. The summed E-state index contributed by atoms with van der Waals surface area (Å²) in [5.74, 6) is 3.71. The highest BCUT2D eigenvalue weighted by Crippen LogP contribution is 2.51. The average Bonchev–Trinajstić information content (AvgIpc) is 3.67. The minimum absolute atomic E-state index is 0.0154. The zero-order valence-corrected chi connectivity index (χ0v) is 37.5. The molecule has 51 heavy (non-hydrogen) atoms. The topological polar surface area (TPSA) is 86.6 Å². The van der Waals surface area contributed by atoms with Crippen molar-refractivity contribution in [2.75, 3.05) is 27.4 Å². The number of aliphatic hydroxyl groups excluding tert-OH is 2. The van der Waals surface area contributed by atoms with Gasteiger partial charge in [-0.15, -0.1) is 47.0 Å². The minimum atomic E-state index is -2.49. The quantitative estimate of drug-likeness (QED) is 0.190. The maximum Gasteiger partial charge on any atom is 0.334 e. The fourth-order valence-corrected chi connectivity index (χ4v) is 24.4. The van der Waals surface area contributed by atoms with Crippen molar-refractivity contribution in [3.8, 4) is 11.5 Å². The van der Waals surface area contributed by atoms with E-state index < -0.39 is 17.1 Å². The summed E-state index contributed by atoms with van der Waals surface area (Å²) in [7, 11) is -1.56. The molecule has 3 aliphatic heterocycles. The van der Waals surface area contributed by atoms with E-state index in [1.807, 2.05) is 47.8 Å². The third-order valence-electron chi connectivity index (χ3n) is 10.1. The Kier molecular flexibility index (Phi) is 17.0. The molecular weight excluding hydrogens is 753 g/mol. The molecule has 3 fully saturated rings. The summed E-state index contributed by atoms with van der Waals surface area (Å²) in [5, 5.41) is 19.2. The van der Waals surface area contributed by atoms with Gasteiger partial charge in [-0.3, -0.25) is 0 Å². The first kappa shape index (κ1) is 43.4. The highest BCUT2D eigenvalue weighted by atomic mass is 32.2. The molecule has 0 aliphatic carbocycles. The molecule has 2 aromatic carbocycles. The van der Waals surface area contributed by atoms with E-state index in [0.29, 0.717) is 36.6 Å². The number of benzene rings is 2. The normalized spacial score (nSPS) is 27.2. The largest absolute Gasteiger partial charge is 0.497 e. The molecule has 3 saturated heterocycles. The van der Waals surface area contributed by atoms with Crippen LogP contribution in [0.4, 0.5) is 0 Å². The van der Waals surface area contributed by atoms with Crippen molar-refractivity contribution >= 4 is 64.2 Å². The Labute approximate surface area is 327 Å². The second-order valence-electron chi connectivity index (χ2n) is 14.9. The molecule has 0 saturated carbocycles. The lowest BCUT2D eigenvalue weighted by molar-refractivity contribution is 0.0739. The number of ether oxygens (including phenoxy) is 2. The second-order valence-corrected chi connectivity index (χ2v) is 29.6. The molecule has 0 radical (unpaired) electrons. The molecule has 2 aromatic rings. The van der Waals surface area contributed by atoms with Gasteiger partial charge in [-0.05, 0) is 70.4 Å². The number of fused-ring (bicyclic) bond motifs is 1. The Hall–Kier alpha value is -0.326. The maximum atomic E-state index is 9.71. The molecule has 3 aliphatic rings. The monoisotopic (exact) mass is 814 g/mol. The molecule has 2 N–H and O–H groups in total. The van der Waals surface area contributed by atoms with E-state index >= 15 is 0 Å². The molecule has 0 aromatic heterocycles. The summed E-state index contributed by atoms with van der Waals surface area (Å²) in [6.45, 7) is 19.2. The predicted molar refractivity (Wildman–Crippen MR) is 225 cm³/mol. The van der Waals surface area contributed by atoms with Crippen molar-refractivity contribution in [1.29, 1.82) is 0 Å². The molecule has 7 nitrogen and oxygen atoms in total. The van der Waals surface area contributed by atoms with E-state index in [-0.39, 0.29) is 24.1 Å². The number of hydrogen-bond acceptors (Lipinski definition) is 11. The molecule has 3 heterocycles. The smallest absolute Gasteiger partial charge is 0.334 e. The highest BCUT2D eigenvalue weighted by Gasteiger charge is 2.59. The lowest BCUT2D eigenvalue weighted by Gasteiger charge is -2.51.